The van der Waals surface area contributed by atoms with Gasteiger partial charge in [-0.05, 0) is 98.7 Å². The van der Waals surface area contributed by atoms with Crippen molar-refractivity contribution in [2.24, 2.45) is 11.3 Å². The van der Waals surface area contributed by atoms with Crippen LogP contribution in [0.25, 0.3) is 0 Å². The largest absolute Gasteiger partial charge is 0.224 e. The zero-order valence-corrected chi connectivity index (χ0v) is 21.8. The maximum atomic E-state index is 13.5. The quantitative estimate of drug-likeness (QED) is 0.336. The molecule has 0 spiro atoms. The van der Waals surface area contributed by atoms with Crippen molar-refractivity contribution >= 4 is 55.0 Å². The topological polar surface area (TPSA) is 34.1 Å². The summed E-state index contributed by atoms with van der Waals surface area (Å²) in [6.07, 6.45) is 4.01. The van der Waals surface area contributed by atoms with Crippen LogP contribution in [0.15, 0.2) is 47.4 Å². The van der Waals surface area contributed by atoms with Crippen LogP contribution in [-0.4, -0.2) is 14.2 Å². The third-order valence-corrected chi connectivity index (χ3v) is 10.2. The number of unbranched alkanes of at least 4 members (excludes halogenated alkanes) is 1. The molecule has 0 aliphatic carbocycles. The van der Waals surface area contributed by atoms with Crippen LogP contribution in [0.1, 0.15) is 63.5 Å². The lowest BCUT2D eigenvalue weighted by Gasteiger charge is -2.41. The Bertz CT molecular complexity index is 955. The molecule has 2 aromatic carbocycles. The summed E-state index contributed by atoms with van der Waals surface area (Å²) in [5.41, 5.74) is 2.03. The molecule has 2 aromatic rings. The first-order valence-corrected chi connectivity index (χ1v) is 13.8. The van der Waals surface area contributed by atoms with E-state index in [1.54, 1.807) is 0 Å². The van der Waals surface area contributed by atoms with Gasteiger partial charge in [0.15, 0.2) is 9.84 Å². The number of rotatable bonds is 5. The average Bonchev–Trinajstić information content (AvgIpc) is 2.73. The lowest BCUT2D eigenvalue weighted by Crippen LogP contribution is -2.37. The summed E-state index contributed by atoms with van der Waals surface area (Å²) in [5, 5.41) is 0. The molecule has 2 nitrogen and oxygen atoms in total. The molecule has 0 aromatic heterocycles. The fourth-order valence-electron chi connectivity index (χ4n) is 4.85. The molecule has 0 N–H and O–H groups in total. The van der Waals surface area contributed by atoms with Gasteiger partial charge in [-0.2, -0.15) is 0 Å². The SMILES string of the molecule is CCCC[C@]1(CC)CS(=O)(=O)c2ccccc2[C@@H](c2ccc(I)cc2I)[C@H]1C. The Balaban J connectivity index is 2.29. The summed E-state index contributed by atoms with van der Waals surface area (Å²) < 4.78 is 29.4. The standard InChI is InChI=1S/C23H28I2O2S/c1-4-6-13-23(5-2)15-28(26,27)21-10-8-7-9-19(21)22(16(23)3)18-12-11-17(24)14-20(18)25/h7-12,14,16,22H,4-6,13,15H2,1-3H3/t16-,22-,23-/m1/s1. The van der Waals surface area contributed by atoms with E-state index in [0.29, 0.717) is 4.90 Å². The molecule has 1 aliphatic heterocycles. The summed E-state index contributed by atoms with van der Waals surface area (Å²) >= 11 is 4.76. The number of halogens is 2. The predicted octanol–water partition coefficient (Wildman–Crippen LogP) is 7.04. The first-order valence-electron chi connectivity index (χ1n) is 10.0. The maximum Gasteiger partial charge on any atom is 0.179 e. The van der Waals surface area contributed by atoms with Gasteiger partial charge in [0.1, 0.15) is 0 Å². The summed E-state index contributed by atoms with van der Waals surface area (Å²) in [6, 6.07) is 14.3. The van der Waals surface area contributed by atoms with Crippen LogP contribution in [0.4, 0.5) is 0 Å². The maximum absolute atomic E-state index is 13.5. The molecule has 0 unspecified atom stereocenters. The molecule has 0 fully saturated rings. The van der Waals surface area contributed by atoms with Crippen LogP contribution < -0.4 is 0 Å². The van der Waals surface area contributed by atoms with Crippen molar-refractivity contribution in [3.63, 3.8) is 0 Å². The minimum atomic E-state index is -3.33. The van der Waals surface area contributed by atoms with Crippen LogP contribution in [0.5, 0.6) is 0 Å². The molecule has 0 radical (unpaired) electrons. The summed E-state index contributed by atoms with van der Waals surface area (Å²) in [5.74, 6) is 0.594. The highest BCUT2D eigenvalue weighted by Gasteiger charge is 2.47. The van der Waals surface area contributed by atoms with Gasteiger partial charge in [0.25, 0.3) is 0 Å². The molecular formula is C23H28I2O2S. The third-order valence-electron chi connectivity index (χ3n) is 6.56. The van der Waals surface area contributed by atoms with E-state index < -0.39 is 9.84 Å². The van der Waals surface area contributed by atoms with Gasteiger partial charge in [0.05, 0.1) is 10.6 Å². The van der Waals surface area contributed by atoms with E-state index >= 15 is 0 Å². The van der Waals surface area contributed by atoms with E-state index in [1.807, 2.05) is 24.3 Å². The van der Waals surface area contributed by atoms with Crippen LogP contribution in [0.3, 0.4) is 0 Å². The molecule has 3 rings (SSSR count). The predicted molar refractivity (Wildman–Crippen MR) is 134 cm³/mol. The first-order chi connectivity index (χ1) is 13.3. The van der Waals surface area contributed by atoms with E-state index in [4.69, 9.17) is 0 Å². The Hall–Kier alpha value is -0.150. The number of hydrogen-bond donors (Lipinski definition) is 0. The van der Waals surface area contributed by atoms with Crippen molar-refractivity contribution in [1.82, 2.24) is 0 Å². The summed E-state index contributed by atoms with van der Waals surface area (Å²) in [4.78, 5) is 0.535. The van der Waals surface area contributed by atoms with E-state index in [0.717, 1.165) is 31.2 Å². The molecule has 3 atom stereocenters. The lowest BCUT2D eigenvalue weighted by molar-refractivity contribution is 0.160. The average molecular weight is 622 g/mol. The molecule has 0 bridgehead atoms. The molecule has 28 heavy (non-hydrogen) atoms. The normalized spacial score (nSPS) is 26.5. The van der Waals surface area contributed by atoms with Crippen molar-refractivity contribution in [2.75, 3.05) is 5.75 Å². The Morgan fingerprint density at radius 1 is 1.07 bits per heavy atom. The van der Waals surface area contributed by atoms with E-state index in [9.17, 15) is 8.42 Å². The minimum absolute atomic E-state index is 0.0918. The van der Waals surface area contributed by atoms with Crippen molar-refractivity contribution in [3.05, 3.63) is 60.7 Å². The molecule has 1 heterocycles. The van der Waals surface area contributed by atoms with E-state index in [-0.39, 0.29) is 23.0 Å². The summed E-state index contributed by atoms with van der Waals surface area (Å²) in [6.45, 7) is 6.65. The minimum Gasteiger partial charge on any atom is -0.224 e. The number of sulfone groups is 1. The molecule has 5 heteroatoms. The van der Waals surface area contributed by atoms with Crippen LogP contribution >= 0.6 is 45.2 Å². The van der Waals surface area contributed by atoms with E-state index in [1.165, 1.54) is 12.7 Å². The second-order valence-electron chi connectivity index (χ2n) is 8.05. The van der Waals surface area contributed by atoms with Gasteiger partial charge in [-0.1, -0.05) is 57.9 Å². The fourth-order valence-corrected chi connectivity index (χ4v) is 9.15. The molecule has 0 amide bonds. The zero-order valence-electron chi connectivity index (χ0n) is 16.7. The Morgan fingerprint density at radius 3 is 2.43 bits per heavy atom. The van der Waals surface area contributed by atoms with Gasteiger partial charge in [-0.25, -0.2) is 8.42 Å². The first kappa shape index (κ1) is 22.5. The van der Waals surface area contributed by atoms with Crippen LogP contribution in [0, 0.1) is 18.5 Å². The highest BCUT2D eigenvalue weighted by molar-refractivity contribution is 14.1. The Labute approximate surface area is 197 Å². The number of benzene rings is 2. The van der Waals surface area contributed by atoms with Crippen molar-refractivity contribution in [3.8, 4) is 0 Å². The van der Waals surface area contributed by atoms with Gasteiger partial charge in [0, 0.05) is 13.1 Å². The molecule has 0 saturated carbocycles. The molecule has 1 aliphatic rings. The van der Waals surface area contributed by atoms with Gasteiger partial charge in [-0.15, -0.1) is 0 Å². The third kappa shape index (κ3) is 4.17. The van der Waals surface area contributed by atoms with Gasteiger partial charge in [0.2, 0.25) is 0 Å². The highest BCUT2D eigenvalue weighted by atomic mass is 127. The van der Waals surface area contributed by atoms with Crippen molar-refractivity contribution in [2.45, 2.75) is 57.3 Å². The molecular weight excluding hydrogens is 594 g/mol. The van der Waals surface area contributed by atoms with Crippen molar-refractivity contribution < 1.29 is 8.42 Å². The zero-order chi connectivity index (χ0) is 20.5. The summed E-state index contributed by atoms with van der Waals surface area (Å²) in [7, 11) is -3.33. The Morgan fingerprint density at radius 2 is 1.79 bits per heavy atom. The second-order valence-corrected chi connectivity index (χ2v) is 12.4. The smallest absolute Gasteiger partial charge is 0.179 e. The van der Waals surface area contributed by atoms with E-state index in [2.05, 4.69) is 84.2 Å². The van der Waals surface area contributed by atoms with Crippen LogP contribution in [-0.2, 0) is 9.84 Å². The van der Waals surface area contributed by atoms with Gasteiger partial charge in [-0.3, -0.25) is 0 Å². The molecule has 0 saturated heterocycles. The lowest BCUT2D eigenvalue weighted by atomic mass is 9.64. The van der Waals surface area contributed by atoms with Crippen LogP contribution in [0.2, 0.25) is 0 Å². The van der Waals surface area contributed by atoms with Crippen molar-refractivity contribution in [1.29, 1.82) is 0 Å². The molecule has 152 valence electrons. The highest BCUT2D eigenvalue weighted by Crippen LogP contribution is 2.52. The fraction of sp³-hybridized carbons (Fsp3) is 0.478. The monoisotopic (exact) mass is 622 g/mol. The number of hydrogen-bond acceptors (Lipinski definition) is 2. The second kappa shape index (κ2) is 8.92. The number of fused-ring (bicyclic) bond motifs is 1. The van der Waals surface area contributed by atoms with Gasteiger partial charge < -0.3 is 0 Å². The Kier molecular flexibility index (Phi) is 7.18. The van der Waals surface area contributed by atoms with Gasteiger partial charge >= 0.3 is 0 Å².